The third-order valence-electron chi connectivity index (χ3n) is 5.48. The molecule has 5 rings (SSSR count). The molecule has 0 spiro atoms. The molecule has 0 radical (unpaired) electrons. The van der Waals surface area contributed by atoms with E-state index in [0.717, 1.165) is 23.1 Å². The molecule has 8 heteroatoms. The van der Waals surface area contributed by atoms with Gasteiger partial charge in [-0.05, 0) is 52.5 Å². The van der Waals surface area contributed by atoms with E-state index >= 15 is 0 Å². The molecule has 1 atom stereocenters. The Kier molecular flexibility index (Phi) is 4.43. The van der Waals surface area contributed by atoms with Crippen LogP contribution < -0.4 is 4.90 Å². The summed E-state index contributed by atoms with van der Waals surface area (Å²) in [7, 11) is 0. The molecule has 0 N–H and O–H groups in total. The maximum atomic E-state index is 13.2. The number of halogens is 1. The zero-order valence-corrected chi connectivity index (χ0v) is 17.5. The lowest BCUT2D eigenvalue weighted by atomic mass is 9.91. The van der Waals surface area contributed by atoms with E-state index in [0.29, 0.717) is 17.9 Å². The number of hydrogen-bond donors (Lipinski definition) is 0. The van der Waals surface area contributed by atoms with Crippen molar-refractivity contribution in [2.75, 3.05) is 18.0 Å². The van der Waals surface area contributed by atoms with E-state index in [1.54, 1.807) is 23.0 Å². The molecule has 3 aromatic rings. The summed E-state index contributed by atoms with van der Waals surface area (Å²) in [6, 6.07) is 8.00. The maximum Gasteiger partial charge on any atom is 0.274 e. The molecule has 1 unspecified atom stereocenters. The number of rotatable bonds is 2. The van der Waals surface area contributed by atoms with Gasteiger partial charge in [-0.15, -0.1) is 0 Å². The first-order valence-electron chi connectivity index (χ1n) is 9.50. The van der Waals surface area contributed by atoms with Gasteiger partial charge in [0.25, 0.3) is 5.91 Å². The minimum Gasteiger partial charge on any atom is -0.330 e. The van der Waals surface area contributed by atoms with E-state index in [1.807, 2.05) is 23.5 Å². The Labute approximate surface area is 176 Å². The molecule has 0 saturated carbocycles. The predicted molar refractivity (Wildman–Crippen MR) is 115 cm³/mol. The summed E-state index contributed by atoms with van der Waals surface area (Å²) in [6.45, 7) is 3.53. The Morgan fingerprint density at radius 3 is 3.03 bits per heavy atom. The van der Waals surface area contributed by atoms with E-state index in [9.17, 15) is 4.79 Å². The second kappa shape index (κ2) is 7.11. The van der Waals surface area contributed by atoms with Crippen LogP contribution in [0.25, 0.3) is 5.65 Å². The minimum absolute atomic E-state index is 0.0343. The normalized spacial score (nSPS) is 18.3. The Morgan fingerprint density at radius 2 is 2.21 bits per heavy atom. The first-order valence-corrected chi connectivity index (χ1v) is 10.3. The van der Waals surface area contributed by atoms with Crippen molar-refractivity contribution >= 4 is 39.5 Å². The number of amides is 1. The van der Waals surface area contributed by atoms with Gasteiger partial charge in [-0.2, -0.15) is 5.10 Å². The van der Waals surface area contributed by atoms with Crippen molar-refractivity contribution in [3.8, 4) is 0 Å². The molecule has 2 aromatic heterocycles. The van der Waals surface area contributed by atoms with Gasteiger partial charge in [-0.1, -0.05) is 12.1 Å². The first-order chi connectivity index (χ1) is 14.1. The van der Waals surface area contributed by atoms with Crippen LogP contribution >= 0.6 is 15.9 Å². The zero-order chi connectivity index (χ0) is 20.0. The van der Waals surface area contributed by atoms with Crippen LogP contribution in [-0.2, 0) is 6.42 Å². The molecule has 7 nitrogen and oxygen atoms in total. The van der Waals surface area contributed by atoms with Gasteiger partial charge in [0, 0.05) is 43.4 Å². The topological polar surface area (TPSA) is 66.1 Å². The van der Waals surface area contributed by atoms with Crippen LogP contribution in [0.4, 0.5) is 5.69 Å². The second-order valence-electron chi connectivity index (χ2n) is 7.18. The van der Waals surface area contributed by atoms with E-state index in [1.165, 1.54) is 11.1 Å². The molecule has 29 heavy (non-hydrogen) atoms. The van der Waals surface area contributed by atoms with Crippen LogP contribution in [0.2, 0.25) is 0 Å². The standard InChI is InChI=1S/C21H19BrN6O/c1-14-16-4-2-5-19(26-8-3-7-23-13-26)17(16)6-9-27(14)21(29)18-10-20-24-11-15(22)12-28(20)25-18/h2-5,7,10-14H,6,8-9H2,1H3. The summed E-state index contributed by atoms with van der Waals surface area (Å²) in [4.78, 5) is 25.8. The van der Waals surface area contributed by atoms with Gasteiger partial charge in [-0.3, -0.25) is 4.79 Å². The SMILES string of the molecule is CC1c2cccc(N3C=NC=CC3)c2CCN1C(=O)c1cc2ncc(Br)cn2n1. The number of aliphatic imine (C=N–C) groups is 1. The number of carbonyl (C=O) groups is 1. The van der Waals surface area contributed by atoms with Crippen molar-refractivity contribution in [2.45, 2.75) is 19.4 Å². The van der Waals surface area contributed by atoms with Gasteiger partial charge in [0.1, 0.15) is 0 Å². The maximum absolute atomic E-state index is 13.2. The fourth-order valence-corrected chi connectivity index (χ4v) is 4.35. The number of hydrogen-bond acceptors (Lipinski definition) is 5. The average molecular weight is 451 g/mol. The summed E-state index contributed by atoms with van der Waals surface area (Å²) in [5.41, 5.74) is 4.69. The van der Waals surface area contributed by atoms with Crippen molar-refractivity contribution < 1.29 is 4.79 Å². The molecule has 2 aliphatic rings. The first kappa shape index (κ1) is 18.1. The molecule has 0 aliphatic carbocycles. The van der Waals surface area contributed by atoms with Gasteiger partial charge in [-0.25, -0.2) is 14.5 Å². The lowest BCUT2D eigenvalue weighted by Crippen LogP contribution is -2.40. The Balaban J connectivity index is 1.46. The van der Waals surface area contributed by atoms with Crippen LogP contribution in [0.1, 0.15) is 34.6 Å². The highest BCUT2D eigenvalue weighted by atomic mass is 79.9. The van der Waals surface area contributed by atoms with Crippen LogP contribution in [0, 0.1) is 0 Å². The highest BCUT2D eigenvalue weighted by molar-refractivity contribution is 9.10. The Hall–Kier alpha value is -3.00. The summed E-state index contributed by atoms with van der Waals surface area (Å²) in [6.07, 6.45) is 10.0. The number of nitrogens with zero attached hydrogens (tertiary/aromatic N) is 6. The molecule has 0 bridgehead atoms. The van der Waals surface area contributed by atoms with Crippen LogP contribution in [-0.4, -0.2) is 44.8 Å². The fraction of sp³-hybridized carbons (Fsp3) is 0.238. The van der Waals surface area contributed by atoms with Crippen molar-refractivity contribution in [1.29, 1.82) is 0 Å². The van der Waals surface area contributed by atoms with Crippen molar-refractivity contribution in [1.82, 2.24) is 19.5 Å². The molecular formula is C21H19BrN6O. The Morgan fingerprint density at radius 1 is 1.31 bits per heavy atom. The van der Waals surface area contributed by atoms with E-state index in [2.05, 4.69) is 61.0 Å². The highest BCUT2D eigenvalue weighted by Gasteiger charge is 2.31. The zero-order valence-electron chi connectivity index (χ0n) is 15.9. The van der Waals surface area contributed by atoms with Gasteiger partial charge in [0.05, 0.1) is 16.9 Å². The van der Waals surface area contributed by atoms with E-state index < -0.39 is 0 Å². The quantitative estimate of drug-likeness (QED) is 0.597. The number of fused-ring (bicyclic) bond motifs is 2. The van der Waals surface area contributed by atoms with Crippen molar-refractivity contribution in [3.05, 3.63) is 70.2 Å². The highest BCUT2D eigenvalue weighted by Crippen LogP contribution is 2.36. The van der Waals surface area contributed by atoms with Crippen molar-refractivity contribution in [2.24, 2.45) is 4.99 Å². The average Bonchev–Trinajstić information content (AvgIpc) is 3.17. The van der Waals surface area contributed by atoms with Crippen LogP contribution in [0.3, 0.4) is 0 Å². The van der Waals surface area contributed by atoms with Gasteiger partial charge >= 0.3 is 0 Å². The molecule has 146 valence electrons. The molecule has 2 aliphatic heterocycles. The molecule has 4 heterocycles. The largest absolute Gasteiger partial charge is 0.330 e. The number of carbonyl (C=O) groups excluding carboxylic acids is 1. The molecular weight excluding hydrogens is 432 g/mol. The second-order valence-corrected chi connectivity index (χ2v) is 8.09. The summed E-state index contributed by atoms with van der Waals surface area (Å²) >= 11 is 3.39. The number of benzene rings is 1. The third kappa shape index (κ3) is 3.13. The monoisotopic (exact) mass is 450 g/mol. The third-order valence-corrected chi connectivity index (χ3v) is 5.89. The molecule has 0 saturated heterocycles. The predicted octanol–water partition coefficient (Wildman–Crippen LogP) is 3.61. The van der Waals surface area contributed by atoms with Gasteiger partial charge < -0.3 is 9.80 Å². The number of anilines is 1. The minimum atomic E-state index is -0.0716. The van der Waals surface area contributed by atoms with Crippen molar-refractivity contribution in [3.63, 3.8) is 0 Å². The van der Waals surface area contributed by atoms with E-state index in [-0.39, 0.29) is 11.9 Å². The van der Waals surface area contributed by atoms with Gasteiger partial charge in [0.2, 0.25) is 0 Å². The van der Waals surface area contributed by atoms with Gasteiger partial charge in [0.15, 0.2) is 11.3 Å². The van der Waals surface area contributed by atoms with E-state index in [4.69, 9.17) is 0 Å². The summed E-state index contributed by atoms with van der Waals surface area (Å²) in [5, 5.41) is 4.43. The number of aromatic nitrogens is 3. The van der Waals surface area contributed by atoms with Crippen LogP contribution in [0.5, 0.6) is 0 Å². The smallest absolute Gasteiger partial charge is 0.274 e. The molecule has 0 fully saturated rings. The lowest BCUT2D eigenvalue weighted by molar-refractivity contribution is 0.0671. The Bertz CT molecular complexity index is 1170. The van der Waals surface area contributed by atoms with Crippen LogP contribution in [0.15, 0.2) is 58.4 Å². The summed E-state index contributed by atoms with van der Waals surface area (Å²) in [5.74, 6) is -0.0716. The summed E-state index contributed by atoms with van der Waals surface area (Å²) < 4.78 is 2.44. The molecule has 1 amide bonds. The molecule has 1 aromatic carbocycles. The fourth-order valence-electron chi connectivity index (χ4n) is 4.05. The lowest BCUT2D eigenvalue weighted by Gasteiger charge is -2.37.